The van der Waals surface area contributed by atoms with Gasteiger partial charge in [-0.2, -0.15) is 0 Å². The number of carbonyl (C=O) groups is 1. The average Bonchev–Trinajstić information content (AvgIpc) is 2.55. The molecule has 3 rings (SSSR count). The number of pyridine rings is 1. The second-order valence-corrected chi connectivity index (χ2v) is 5.69. The average molecular weight is 348 g/mol. The summed E-state index contributed by atoms with van der Waals surface area (Å²) < 4.78 is 32.2. The first-order valence-electron chi connectivity index (χ1n) is 7.05. The topological polar surface area (TPSA) is 39.2 Å². The second kappa shape index (κ2) is 6.17. The Bertz CT molecular complexity index is 973. The van der Waals surface area contributed by atoms with E-state index in [-0.39, 0.29) is 10.6 Å². The second-order valence-electron chi connectivity index (χ2n) is 5.29. The van der Waals surface area contributed by atoms with Crippen LogP contribution in [0, 0.1) is 18.6 Å². The summed E-state index contributed by atoms with van der Waals surface area (Å²) in [6, 6.07) is 6.43. The SMILES string of the molecule is COC(=O)c1cc(C)c2ncc(Cl)c(-c3ccc(F)cc3F)c2c1. The molecule has 0 aliphatic rings. The maximum Gasteiger partial charge on any atom is 0.337 e. The number of benzene rings is 2. The normalized spacial score (nSPS) is 10.9. The van der Waals surface area contributed by atoms with Gasteiger partial charge in [-0.1, -0.05) is 11.6 Å². The van der Waals surface area contributed by atoms with E-state index in [1.165, 1.54) is 19.4 Å². The molecule has 0 saturated carbocycles. The minimum Gasteiger partial charge on any atom is -0.465 e. The van der Waals surface area contributed by atoms with E-state index in [0.717, 1.165) is 12.1 Å². The van der Waals surface area contributed by atoms with Crippen LogP contribution in [0.2, 0.25) is 5.02 Å². The van der Waals surface area contributed by atoms with Crippen molar-refractivity contribution in [3.63, 3.8) is 0 Å². The number of methoxy groups -OCH3 is 1. The molecule has 3 aromatic rings. The van der Waals surface area contributed by atoms with Crippen LogP contribution < -0.4 is 0 Å². The summed E-state index contributed by atoms with van der Waals surface area (Å²) in [5.74, 6) is -1.95. The molecule has 1 aromatic heterocycles. The maximum atomic E-state index is 14.3. The van der Waals surface area contributed by atoms with Crippen molar-refractivity contribution in [3.8, 4) is 11.1 Å². The molecule has 3 nitrogen and oxygen atoms in total. The van der Waals surface area contributed by atoms with Gasteiger partial charge >= 0.3 is 5.97 Å². The Morgan fingerprint density at radius 3 is 2.62 bits per heavy atom. The van der Waals surface area contributed by atoms with Crippen molar-refractivity contribution < 1.29 is 18.3 Å². The Kier molecular flexibility index (Phi) is 4.20. The highest BCUT2D eigenvalue weighted by atomic mass is 35.5. The van der Waals surface area contributed by atoms with Gasteiger partial charge in [-0.25, -0.2) is 13.6 Å². The van der Waals surface area contributed by atoms with Gasteiger partial charge in [0.2, 0.25) is 0 Å². The summed E-state index contributed by atoms with van der Waals surface area (Å²) in [4.78, 5) is 16.1. The number of aryl methyl sites for hydroxylation is 1. The molecule has 0 fully saturated rings. The fraction of sp³-hybridized carbons (Fsp3) is 0.111. The largest absolute Gasteiger partial charge is 0.465 e. The maximum absolute atomic E-state index is 14.3. The van der Waals surface area contributed by atoms with Crippen LogP contribution in [0.4, 0.5) is 8.78 Å². The van der Waals surface area contributed by atoms with Crippen LogP contribution >= 0.6 is 11.6 Å². The molecular weight excluding hydrogens is 336 g/mol. The van der Waals surface area contributed by atoms with Gasteiger partial charge < -0.3 is 4.74 Å². The number of hydrogen-bond acceptors (Lipinski definition) is 3. The molecule has 0 atom stereocenters. The van der Waals surface area contributed by atoms with Crippen LogP contribution in [0.5, 0.6) is 0 Å². The number of carbonyl (C=O) groups excluding carboxylic acids is 1. The Morgan fingerprint density at radius 2 is 1.96 bits per heavy atom. The zero-order valence-corrected chi connectivity index (χ0v) is 13.6. The molecule has 0 bridgehead atoms. The van der Waals surface area contributed by atoms with E-state index in [2.05, 4.69) is 4.98 Å². The monoisotopic (exact) mass is 347 g/mol. The van der Waals surface area contributed by atoms with E-state index in [9.17, 15) is 13.6 Å². The number of rotatable bonds is 2. The number of hydrogen-bond donors (Lipinski definition) is 0. The lowest BCUT2D eigenvalue weighted by atomic mass is 9.97. The summed E-state index contributed by atoms with van der Waals surface area (Å²) in [5.41, 5.74) is 2.08. The van der Waals surface area contributed by atoms with Gasteiger partial charge in [0.25, 0.3) is 0 Å². The lowest BCUT2D eigenvalue weighted by molar-refractivity contribution is 0.0601. The number of ether oxygens (including phenoxy) is 1. The van der Waals surface area contributed by atoms with E-state index in [1.54, 1.807) is 19.1 Å². The van der Waals surface area contributed by atoms with Crippen LogP contribution in [-0.2, 0) is 4.74 Å². The standard InChI is InChI=1S/C18H12ClF2NO2/c1-9-5-10(18(23)24-2)6-13-16(14(19)8-22-17(9)13)12-4-3-11(20)7-15(12)21/h3-8H,1-2H3. The van der Waals surface area contributed by atoms with Crippen LogP contribution in [-0.4, -0.2) is 18.1 Å². The van der Waals surface area contributed by atoms with Gasteiger partial charge in [-0.05, 0) is 36.8 Å². The molecule has 0 unspecified atom stereocenters. The van der Waals surface area contributed by atoms with Crippen molar-refractivity contribution >= 4 is 28.5 Å². The summed E-state index contributed by atoms with van der Waals surface area (Å²) in [5, 5.41) is 0.697. The molecule has 0 aliphatic heterocycles. The van der Waals surface area contributed by atoms with E-state index >= 15 is 0 Å². The molecule has 0 aliphatic carbocycles. The molecule has 24 heavy (non-hydrogen) atoms. The van der Waals surface area contributed by atoms with Crippen LogP contribution in [0.1, 0.15) is 15.9 Å². The van der Waals surface area contributed by atoms with Gasteiger partial charge in [-0.3, -0.25) is 4.98 Å². The summed E-state index contributed by atoms with van der Waals surface area (Å²) >= 11 is 6.23. The third-order valence-electron chi connectivity index (χ3n) is 3.74. The fourth-order valence-corrected chi connectivity index (χ4v) is 2.91. The molecule has 0 N–H and O–H groups in total. The predicted octanol–water partition coefficient (Wildman–Crippen LogP) is 4.93. The molecule has 2 aromatic carbocycles. The zero-order valence-electron chi connectivity index (χ0n) is 12.9. The summed E-state index contributed by atoms with van der Waals surface area (Å²) in [6.45, 7) is 1.78. The van der Waals surface area contributed by atoms with Gasteiger partial charge in [0.1, 0.15) is 11.6 Å². The highest BCUT2D eigenvalue weighted by Crippen LogP contribution is 2.37. The van der Waals surface area contributed by atoms with Crippen molar-refractivity contribution in [1.29, 1.82) is 0 Å². The number of nitrogens with zero attached hydrogens (tertiary/aromatic N) is 1. The van der Waals surface area contributed by atoms with E-state index in [0.29, 0.717) is 27.6 Å². The Hall–Kier alpha value is -2.53. The third kappa shape index (κ3) is 2.71. The van der Waals surface area contributed by atoms with E-state index < -0.39 is 17.6 Å². The molecule has 122 valence electrons. The first-order valence-corrected chi connectivity index (χ1v) is 7.42. The number of fused-ring (bicyclic) bond motifs is 1. The van der Waals surface area contributed by atoms with Gasteiger partial charge in [0.15, 0.2) is 0 Å². The Balaban J connectivity index is 2.40. The van der Waals surface area contributed by atoms with Crippen LogP contribution in [0.15, 0.2) is 36.5 Å². The molecule has 6 heteroatoms. The van der Waals surface area contributed by atoms with Crippen LogP contribution in [0.25, 0.3) is 22.0 Å². The number of halogens is 3. The molecule has 0 saturated heterocycles. The van der Waals surface area contributed by atoms with Crippen molar-refractivity contribution in [2.24, 2.45) is 0 Å². The highest BCUT2D eigenvalue weighted by Gasteiger charge is 2.18. The molecular formula is C18H12ClF2NO2. The summed E-state index contributed by atoms with van der Waals surface area (Å²) in [7, 11) is 1.28. The molecule has 1 heterocycles. The lowest BCUT2D eigenvalue weighted by Crippen LogP contribution is -2.03. The fourth-order valence-electron chi connectivity index (χ4n) is 2.66. The predicted molar refractivity (Wildman–Crippen MR) is 88.2 cm³/mol. The first-order chi connectivity index (χ1) is 11.4. The lowest BCUT2D eigenvalue weighted by Gasteiger charge is -2.13. The third-order valence-corrected chi connectivity index (χ3v) is 4.02. The number of esters is 1. The molecule has 0 amide bonds. The van der Waals surface area contributed by atoms with Crippen molar-refractivity contribution in [1.82, 2.24) is 4.98 Å². The van der Waals surface area contributed by atoms with Crippen LogP contribution in [0.3, 0.4) is 0 Å². The van der Waals surface area contributed by atoms with Gasteiger partial charge in [0, 0.05) is 28.8 Å². The summed E-state index contributed by atoms with van der Waals surface area (Å²) in [6.07, 6.45) is 1.41. The number of aromatic nitrogens is 1. The van der Waals surface area contributed by atoms with Gasteiger partial charge in [0.05, 0.1) is 23.2 Å². The Morgan fingerprint density at radius 1 is 1.21 bits per heavy atom. The molecule has 0 spiro atoms. The van der Waals surface area contributed by atoms with Gasteiger partial charge in [-0.15, -0.1) is 0 Å². The van der Waals surface area contributed by atoms with E-state index in [1.807, 2.05) is 0 Å². The Labute approximate surface area is 141 Å². The van der Waals surface area contributed by atoms with Crippen molar-refractivity contribution in [3.05, 3.63) is 64.3 Å². The first kappa shape index (κ1) is 16.3. The van der Waals surface area contributed by atoms with Crippen molar-refractivity contribution in [2.75, 3.05) is 7.11 Å². The van der Waals surface area contributed by atoms with Crippen molar-refractivity contribution in [2.45, 2.75) is 6.92 Å². The molecule has 0 radical (unpaired) electrons. The van der Waals surface area contributed by atoms with E-state index in [4.69, 9.17) is 16.3 Å². The smallest absolute Gasteiger partial charge is 0.337 e. The zero-order chi connectivity index (χ0) is 17.4. The quantitative estimate of drug-likeness (QED) is 0.617. The highest BCUT2D eigenvalue weighted by molar-refractivity contribution is 6.34. The minimum atomic E-state index is -0.745. The minimum absolute atomic E-state index is 0.134.